The maximum absolute atomic E-state index is 12.5. The van der Waals surface area contributed by atoms with Crippen molar-refractivity contribution >= 4 is 17.2 Å². The van der Waals surface area contributed by atoms with Crippen molar-refractivity contribution < 1.29 is 18.8 Å². The van der Waals surface area contributed by atoms with Crippen molar-refractivity contribution in [3.05, 3.63) is 46.7 Å². The maximum atomic E-state index is 12.5. The fourth-order valence-electron chi connectivity index (χ4n) is 2.80. The Morgan fingerprint density at radius 2 is 2.00 bits per heavy atom. The van der Waals surface area contributed by atoms with E-state index in [0.717, 1.165) is 16.0 Å². The van der Waals surface area contributed by atoms with Gasteiger partial charge in [-0.2, -0.15) is 4.98 Å². The Morgan fingerprint density at radius 3 is 2.68 bits per heavy atom. The van der Waals surface area contributed by atoms with E-state index in [4.69, 9.17) is 14.0 Å². The molecule has 1 amide bonds. The normalized spacial score (nSPS) is 10.7. The van der Waals surface area contributed by atoms with Crippen LogP contribution in [-0.4, -0.2) is 42.2 Å². The fourth-order valence-corrected chi connectivity index (χ4v) is 3.45. The maximum Gasteiger partial charge on any atom is 0.227 e. The monoisotopic (exact) mass is 401 g/mol. The van der Waals surface area contributed by atoms with Gasteiger partial charge in [-0.15, -0.1) is 11.3 Å². The van der Waals surface area contributed by atoms with E-state index in [1.807, 2.05) is 36.6 Å². The van der Waals surface area contributed by atoms with Crippen molar-refractivity contribution in [1.29, 1.82) is 0 Å². The van der Waals surface area contributed by atoms with E-state index in [1.165, 1.54) is 0 Å². The predicted octanol–water partition coefficient (Wildman–Crippen LogP) is 3.71. The van der Waals surface area contributed by atoms with Crippen LogP contribution in [0, 0.1) is 6.92 Å². The number of hydrogen-bond donors (Lipinski definition) is 0. The summed E-state index contributed by atoms with van der Waals surface area (Å²) in [5.41, 5.74) is 2.04. The molecule has 0 bridgehead atoms. The molecule has 2 heterocycles. The van der Waals surface area contributed by atoms with Crippen LogP contribution in [0.4, 0.5) is 0 Å². The zero-order chi connectivity index (χ0) is 20.1. The van der Waals surface area contributed by atoms with Crippen LogP contribution >= 0.6 is 11.3 Å². The Kier molecular flexibility index (Phi) is 6.30. The summed E-state index contributed by atoms with van der Waals surface area (Å²) in [7, 11) is 4.98. The first-order chi connectivity index (χ1) is 13.5. The lowest BCUT2D eigenvalue weighted by atomic mass is 10.1. The number of ether oxygens (including phenoxy) is 2. The highest BCUT2D eigenvalue weighted by Crippen LogP contribution is 2.30. The van der Waals surface area contributed by atoms with Gasteiger partial charge in [-0.3, -0.25) is 4.79 Å². The standard InChI is InChI=1S/C20H23N3O4S/c1-13-10-15(25-3)16(26-4)11-14(13)12-23(2)19(24)8-7-18-21-20(22-27-18)17-6-5-9-28-17/h5-6,9-11H,7-8,12H2,1-4H3. The molecule has 0 spiro atoms. The summed E-state index contributed by atoms with van der Waals surface area (Å²) < 4.78 is 15.9. The molecule has 0 N–H and O–H groups in total. The third-order valence-corrected chi connectivity index (χ3v) is 5.30. The number of rotatable bonds is 8. The molecule has 7 nitrogen and oxygen atoms in total. The smallest absolute Gasteiger partial charge is 0.227 e. The summed E-state index contributed by atoms with van der Waals surface area (Å²) in [6.07, 6.45) is 0.710. The van der Waals surface area contributed by atoms with Gasteiger partial charge in [-0.05, 0) is 41.6 Å². The van der Waals surface area contributed by atoms with Gasteiger partial charge in [0, 0.05) is 26.4 Å². The number of hydrogen-bond acceptors (Lipinski definition) is 7. The third kappa shape index (κ3) is 4.51. The van der Waals surface area contributed by atoms with Crippen molar-refractivity contribution in [3.8, 4) is 22.2 Å². The lowest BCUT2D eigenvalue weighted by Crippen LogP contribution is -2.26. The molecular formula is C20H23N3O4S. The Labute approximate surface area is 167 Å². The van der Waals surface area contributed by atoms with Gasteiger partial charge in [0.1, 0.15) is 0 Å². The van der Waals surface area contributed by atoms with Crippen molar-refractivity contribution in [2.24, 2.45) is 0 Å². The molecule has 1 aromatic carbocycles. The number of carbonyl (C=O) groups is 1. The van der Waals surface area contributed by atoms with Crippen LogP contribution in [0.25, 0.3) is 10.7 Å². The molecule has 28 heavy (non-hydrogen) atoms. The number of amides is 1. The summed E-state index contributed by atoms with van der Waals surface area (Å²) in [6.45, 7) is 2.47. The number of aryl methyl sites for hydroxylation is 2. The molecule has 0 aliphatic heterocycles. The minimum atomic E-state index is 0.00468. The summed E-state index contributed by atoms with van der Waals surface area (Å²) in [4.78, 5) is 19.5. The number of benzene rings is 1. The molecular weight excluding hydrogens is 378 g/mol. The number of nitrogens with zero attached hydrogens (tertiary/aromatic N) is 3. The molecule has 0 aliphatic carbocycles. The summed E-state index contributed by atoms with van der Waals surface area (Å²) in [5, 5.41) is 5.93. The highest BCUT2D eigenvalue weighted by molar-refractivity contribution is 7.13. The Balaban J connectivity index is 1.59. The van der Waals surface area contributed by atoms with E-state index in [0.29, 0.717) is 42.6 Å². The number of carbonyl (C=O) groups excluding carboxylic acids is 1. The first-order valence-electron chi connectivity index (χ1n) is 8.83. The van der Waals surface area contributed by atoms with Crippen LogP contribution in [-0.2, 0) is 17.8 Å². The molecule has 0 aliphatic rings. The van der Waals surface area contributed by atoms with Gasteiger partial charge in [-0.1, -0.05) is 11.2 Å². The van der Waals surface area contributed by atoms with Crippen LogP contribution in [0.3, 0.4) is 0 Å². The molecule has 0 saturated carbocycles. The topological polar surface area (TPSA) is 77.7 Å². The summed E-state index contributed by atoms with van der Waals surface area (Å²) in [5.74, 6) is 2.36. The summed E-state index contributed by atoms with van der Waals surface area (Å²) >= 11 is 1.55. The molecule has 0 atom stereocenters. The van der Waals surface area contributed by atoms with Crippen molar-refractivity contribution in [3.63, 3.8) is 0 Å². The lowest BCUT2D eigenvalue weighted by molar-refractivity contribution is -0.130. The lowest BCUT2D eigenvalue weighted by Gasteiger charge is -2.19. The Bertz CT molecular complexity index is 937. The van der Waals surface area contributed by atoms with Crippen molar-refractivity contribution in [2.45, 2.75) is 26.3 Å². The van der Waals surface area contributed by atoms with Crippen LogP contribution in [0.2, 0.25) is 0 Å². The van der Waals surface area contributed by atoms with Gasteiger partial charge in [-0.25, -0.2) is 0 Å². The van der Waals surface area contributed by atoms with Crippen LogP contribution < -0.4 is 9.47 Å². The minimum absolute atomic E-state index is 0.00468. The van der Waals surface area contributed by atoms with Gasteiger partial charge in [0.15, 0.2) is 11.5 Å². The van der Waals surface area contributed by atoms with E-state index in [-0.39, 0.29) is 5.91 Å². The van der Waals surface area contributed by atoms with Crippen molar-refractivity contribution in [2.75, 3.05) is 21.3 Å². The molecule has 148 valence electrons. The highest BCUT2D eigenvalue weighted by atomic mass is 32.1. The molecule has 0 saturated heterocycles. The SMILES string of the molecule is COc1cc(C)c(CN(C)C(=O)CCc2nc(-c3cccs3)no2)cc1OC. The van der Waals surface area contributed by atoms with Crippen LogP contribution in [0.1, 0.15) is 23.4 Å². The first-order valence-corrected chi connectivity index (χ1v) is 9.71. The number of thiophene rings is 1. The molecule has 0 radical (unpaired) electrons. The summed E-state index contributed by atoms with van der Waals surface area (Å²) in [6, 6.07) is 7.69. The quantitative estimate of drug-likeness (QED) is 0.573. The number of aromatic nitrogens is 2. The third-order valence-electron chi connectivity index (χ3n) is 4.44. The molecule has 0 unspecified atom stereocenters. The molecule has 3 aromatic rings. The van der Waals surface area contributed by atoms with E-state index >= 15 is 0 Å². The second-order valence-electron chi connectivity index (χ2n) is 6.37. The van der Waals surface area contributed by atoms with Gasteiger partial charge in [0.05, 0.1) is 19.1 Å². The second-order valence-corrected chi connectivity index (χ2v) is 7.32. The van der Waals surface area contributed by atoms with Crippen molar-refractivity contribution in [1.82, 2.24) is 15.0 Å². The fraction of sp³-hybridized carbons (Fsp3) is 0.350. The van der Waals surface area contributed by atoms with Crippen LogP contribution in [0.15, 0.2) is 34.2 Å². The molecule has 8 heteroatoms. The second kappa shape index (κ2) is 8.88. The Hall–Kier alpha value is -2.87. The van der Waals surface area contributed by atoms with E-state index in [1.54, 1.807) is 37.5 Å². The van der Waals surface area contributed by atoms with Crippen LogP contribution in [0.5, 0.6) is 11.5 Å². The first kappa shape index (κ1) is 19.9. The Morgan fingerprint density at radius 1 is 1.25 bits per heavy atom. The van der Waals surface area contributed by atoms with Gasteiger partial charge in [0.2, 0.25) is 17.6 Å². The average molecular weight is 401 g/mol. The largest absolute Gasteiger partial charge is 0.493 e. The van der Waals surface area contributed by atoms with Gasteiger partial charge >= 0.3 is 0 Å². The predicted molar refractivity (Wildman–Crippen MR) is 107 cm³/mol. The molecule has 0 fully saturated rings. The van der Waals surface area contributed by atoms with Gasteiger partial charge < -0.3 is 18.9 Å². The zero-order valence-electron chi connectivity index (χ0n) is 16.4. The van der Waals surface area contributed by atoms with E-state index in [9.17, 15) is 4.79 Å². The van der Waals surface area contributed by atoms with E-state index < -0.39 is 0 Å². The number of methoxy groups -OCH3 is 2. The zero-order valence-corrected chi connectivity index (χ0v) is 17.2. The molecule has 3 rings (SSSR count). The minimum Gasteiger partial charge on any atom is -0.493 e. The van der Waals surface area contributed by atoms with Gasteiger partial charge in [0.25, 0.3) is 0 Å². The average Bonchev–Trinajstić information content (AvgIpc) is 3.38. The highest BCUT2D eigenvalue weighted by Gasteiger charge is 2.16. The van der Waals surface area contributed by atoms with E-state index in [2.05, 4.69) is 10.1 Å². The molecule has 2 aromatic heterocycles.